The first-order valence-corrected chi connectivity index (χ1v) is 10.9. The Kier molecular flexibility index (Phi) is 9.21. The molecule has 5 heteroatoms. The van der Waals surface area contributed by atoms with Crippen LogP contribution in [0.3, 0.4) is 0 Å². The zero-order valence-electron chi connectivity index (χ0n) is 13.1. The van der Waals surface area contributed by atoms with Crippen LogP contribution in [0.4, 0.5) is 0 Å². The normalized spacial score (nSPS) is 13.4. The Morgan fingerprint density at radius 2 is 1.80 bits per heavy atom. The summed E-state index contributed by atoms with van der Waals surface area (Å²) in [5.74, 6) is -1.71. The van der Waals surface area contributed by atoms with Crippen LogP contribution in [0.5, 0.6) is 0 Å². The van der Waals surface area contributed by atoms with Crippen molar-refractivity contribution in [3.05, 3.63) is 12.2 Å². The van der Waals surface area contributed by atoms with Gasteiger partial charge in [-0.05, 0) is 12.0 Å². The number of ether oxygens (including phenoxy) is 1. The number of hydrogen-bond donors (Lipinski definition) is 1. The van der Waals surface area contributed by atoms with E-state index in [1.165, 1.54) is 25.7 Å². The molecule has 0 rings (SSSR count). The fourth-order valence-electron chi connectivity index (χ4n) is 2.14. The third kappa shape index (κ3) is 9.78. The van der Waals surface area contributed by atoms with E-state index in [0.717, 1.165) is 18.6 Å². The Bertz CT molecular complexity index is 331. The van der Waals surface area contributed by atoms with Crippen molar-refractivity contribution >= 4 is 20.0 Å². The summed E-state index contributed by atoms with van der Waals surface area (Å²) < 4.78 is 5.06. The quantitative estimate of drug-likeness (QED) is 0.288. The van der Waals surface area contributed by atoms with Gasteiger partial charge < -0.3 is 9.84 Å². The van der Waals surface area contributed by atoms with Crippen molar-refractivity contribution < 1.29 is 19.4 Å². The molecule has 0 aromatic rings. The number of carbonyl (C=O) groups excluding carboxylic acids is 1. The number of rotatable bonds is 10. The van der Waals surface area contributed by atoms with Crippen LogP contribution in [-0.2, 0) is 14.3 Å². The second-order valence-electron chi connectivity index (χ2n) is 6.19. The van der Waals surface area contributed by atoms with Gasteiger partial charge >= 0.3 is 11.9 Å². The Morgan fingerprint density at radius 1 is 1.15 bits per heavy atom. The predicted molar refractivity (Wildman–Crippen MR) is 83.6 cm³/mol. The molecule has 0 amide bonds. The molecule has 0 saturated heterocycles. The van der Waals surface area contributed by atoms with Gasteiger partial charge in [0, 0.05) is 20.2 Å². The first kappa shape index (κ1) is 18.9. The highest BCUT2D eigenvalue weighted by Crippen LogP contribution is 2.31. The number of carboxylic acid groups (broad SMARTS) is 1. The van der Waals surface area contributed by atoms with E-state index in [4.69, 9.17) is 9.84 Å². The van der Waals surface area contributed by atoms with Gasteiger partial charge in [0.25, 0.3) is 0 Å². The second-order valence-corrected chi connectivity index (χ2v) is 11.7. The van der Waals surface area contributed by atoms with Gasteiger partial charge in [0.05, 0.1) is 6.61 Å². The van der Waals surface area contributed by atoms with Crippen molar-refractivity contribution in [2.45, 2.75) is 64.2 Å². The Morgan fingerprint density at radius 3 is 2.30 bits per heavy atom. The summed E-state index contributed by atoms with van der Waals surface area (Å²) in [6.07, 6.45) is 7.55. The van der Waals surface area contributed by atoms with Crippen LogP contribution in [0.25, 0.3) is 0 Å². The molecule has 0 aliphatic rings. The standard InChI is InChI=1S/C15H28O4Si/c1-5-6-7-8-13(20(2,3)4)11-12-19-15(18)10-9-14(16)17/h9-10,13H,5-8,11-12H2,1-4H3,(H,16,17)/b10-9+. The fourth-order valence-corrected chi connectivity index (χ4v) is 4.19. The summed E-state index contributed by atoms with van der Waals surface area (Å²) in [6.45, 7) is 9.60. The molecule has 0 spiro atoms. The van der Waals surface area contributed by atoms with Gasteiger partial charge in [-0.25, -0.2) is 9.59 Å². The summed E-state index contributed by atoms with van der Waals surface area (Å²) in [5.41, 5.74) is 0.644. The van der Waals surface area contributed by atoms with E-state index >= 15 is 0 Å². The Labute approximate surface area is 123 Å². The molecule has 0 aliphatic carbocycles. The van der Waals surface area contributed by atoms with E-state index in [9.17, 15) is 9.59 Å². The lowest BCUT2D eigenvalue weighted by Gasteiger charge is -2.29. The van der Waals surface area contributed by atoms with Crippen molar-refractivity contribution in [2.24, 2.45) is 0 Å². The van der Waals surface area contributed by atoms with Crippen molar-refractivity contribution in [3.8, 4) is 0 Å². The van der Waals surface area contributed by atoms with Crippen LogP contribution in [0, 0.1) is 0 Å². The molecule has 0 radical (unpaired) electrons. The third-order valence-corrected chi connectivity index (χ3v) is 6.48. The van der Waals surface area contributed by atoms with E-state index in [1.807, 2.05) is 0 Å². The highest BCUT2D eigenvalue weighted by Gasteiger charge is 2.25. The summed E-state index contributed by atoms with van der Waals surface area (Å²) in [5, 5.41) is 8.41. The van der Waals surface area contributed by atoms with Crippen molar-refractivity contribution in [2.75, 3.05) is 6.61 Å². The minimum absolute atomic E-state index is 0.379. The first-order chi connectivity index (χ1) is 9.27. The maximum Gasteiger partial charge on any atom is 0.331 e. The monoisotopic (exact) mass is 300 g/mol. The van der Waals surface area contributed by atoms with Crippen LogP contribution in [0.15, 0.2) is 12.2 Å². The van der Waals surface area contributed by atoms with E-state index < -0.39 is 20.0 Å². The van der Waals surface area contributed by atoms with Gasteiger partial charge in [0.2, 0.25) is 0 Å². The van der Waals surface area contributed by atoms with Gasteiger partial charge in [0.15, 0.2) is 0 Å². The van der Waals surface area contributed by atoms with Crippen LogP contribution >= 0.6 is 0 Å². The SMILES string of the molecule is CCCCCC(CCOC(=O)/C=C/C(=O)O)[Si](C)(C)C. The molecule has 1 N–H and O–H groups in total. The molecule has 0 bridgehead atoms. The number of carbonyl (C=O) groups is 2. The van der Waals surface area contributed by atoms with E-state index in [-0.39, 0.29) is 0 Å². The predicted octanol–water partition coefficient (Wildman–Crippen LogP) is 3.85. The maximum absolute atomic E-state index is 11.3. The van der Waals surface area contributed by atoms with Gasteiger partial charge in [-0.1, -0.05) is 52.2 Å². The van der Waals surface area contributed by atoms with Gasteiger partial charge in [0.1, 0.15) is 0 Å². The van der Waals surface area contributed by atoms with Crippen molar-refractivity contribution in [1.82, 2.24) is 0 Å². The fraction of sp³-hybridized carbons (Fsp3) is 0.733. The molecule has 1 atom stereocenters. The van der Waals surface area contributed by atoms with Gasteiger partial charge in [-0.3, -0.25) is 0 Å². The van der Waals surface area contributed by atoms with Crippen LogP contribution in [-0.4, -0.2) is 31.7 Å². The lowest BCUT2D eigenvalue weighted by atomic mass is 10.1. The molecule has 0 aromatic carbocycles. The largest absolute Gasteiger partial charge is 0.478 e. The number of esters is 1. The average molecular weight is 300 g/mol. The number of aliphatic carboxylic acids is 1. The van der Waals surface area contributed by atoms with Crippen molar-refractivity contribution in [1.29, 1.82) is 0 Å². The summed E-state index contributed by atoms with van der Waals surface area (Å²) >= 11 is 0. The molecule has 116 valence electrons. The van der Waals surface area contributed by atoms with Gasteiger partial charge in [-0.2, -0.15) is 0 Å². The number of hydrogen-bond acceptors (Lipinski definition) is 3. The van der Waals surface area contributed by atoms with Crippen LogP contribution in [0.2, 0.25) is 25.2 Å². The topological polar surface area (TPSA) is 63.6 Å². The summed E-state index contributed by atoms with van der Waals surface area (Å²) in [4.78, 5) is 21.6. The minimum atomic E-state index is -1.25. The molecule has 0 heterocycles. The lowest BCUT2D eigenvalue weighted by molar-refractivity contribution is -0.138. The Hall–Kier alpha value is -1.10. The second kappa shape index (κ2) is 9.75. The minimum Gasteiger partial charge on any atom is -0.478 e. The molecule has 0 fully saturated rings. The molecular formula is C15H28O4Si. The summed E-state index contributed by atoms with van der Waals surface area (Å²) in [6, 6.07) is 0. The Balaban J connectivity index is 4.13. The highest BCUT2D eigenvalue weighted by molar-refractivity contribution is 6.77. The van der Waals surface area contributed by atoms with E-state index in [0.29, 0.717) is 12.1 Å². The third-order valence-electron chi connectivity index (χ3n) is 3.45. The number of carboxylic acids is 1. The average Bonchev–Trinajstić information content (AvgIpc) is 2.33. The molecule has 20 heavy (non-hydrogen) atoms. The zero-order chi connectivity index (χ0) is 15.6. The molecule has 0 saturated carbocycles. The summed E-state index contributed by atoms with van der Waals surface area (Å²) in [7, 11) is -1.25. The maximum atomic E-state index is 11.3. The molecule has 1 unspecified atom stereocenters. The molecule has 4 nitrogen and oxygen atoms in total. The highest BCUT2D eigenvalue weighted by atomic mass is 28.3. The van der Waals surface area contributed by atoms with Gasteiger partial charge in [-0.15, -0.1) is 0 Å². The van der Waals surface area contributed by atoms with E-state index in [2.05, 4.69) is 26.6 Å². The molecular weight excluding hydrogens is 272 g/mol. The first-order valence-electron chi connectivity index (χ1n) is 7.35. The lowest BCUT2D eigenvalue weighted by Crippen LogP contribution is -2.29. The molecule has 0 aliphatic heterocycles. The smallest absolute Gasteiger partial charge is 0.331 e. The van der Waals surface area contributed by atoms with Crippen molar-refractivity contribution in [3.63, 3.8) is 0 Å². The molecule has 0 aromatic heterocycles. The number of unbranched alkanes of at least 4 members (excludes halogenated alkanes) is 2. The zero-order valence-corrected chi connectivity index (χ0v) is 14.1. The van der Waals surface area contributed by atoms with Crippen LogP contribution in [0.1, 0.15) is 39.0 Å². The van der Waals surface area contributed by atoms with E-state index in [1.54, 1.807) is 0 Å². The van der Waals surface area contributed by atoms with Crippen LogP contribution < -0.4 is 0 Å².